The molecule has 4 heteroatoms. The van der Waals surface area contributed by atoms with Crippen LogP contribution in [0.25, 0.3) is 0 Å². The average Bonchev–Trinajstić information content (AvgIpc) is 2.76. The highest BCUT2D eigenvalue weighted by Gasteiger charge is 2.16. The molecule has 1 amide bonds. The highest BCUT2D eigenvalue weighted by molar-refractivity contribution is 9.10. The number of amides is 1. The average molecular weight is 308 g/mol. The third kappa shape index (κ3) is 2.64. The smallest absolute Gasteiger partial charge is 0.255 e. The molecule has 0 aliphatic carbocycles. The first-order valence-electron chi connectivity index (χ1n) is 5.69. The van der Waals surface area contributed by atoms with Gasteiger partial charge in [-0.3, -0.25) is 4.79 Å². The highest BCUT2D eigenvalue weighted by Crippen LogP contribution is 2.23. The summed E-state index contributed by atoms with van der Waals surface area (Å²) in [5.41, 5.74) is 1.63. The van der Waals surface area contributed by atoms with Crippen molar-refractivity contribution in [3.8, 4) is 0 Å². The molecule has 2 aromatic rings. The summed E-state index contributed by atoms with van der Waals surface area (Å²) in [6.07, 6.45) is 1.52. The zero-order chi connectivity index (χ0) is 13.1. The molecule has 0 radical (unpaired) electrons. The lowest BCUT2D eigenvalue weighted by Crippen LogP contribution is -2.27. The molecule has 0 aliphatic heterocycles. The van der Waals surface area contributed by atoms with Gasteiger partial charge >= 0.3 is 0 Å². The van der Waals surface area contributed by atoms with E-state index in [-0.39, 0.29) is 11.9 Å². The number of rotatable bonds is 3. The number of furan rings is 1. The quantitative estimate of drug-likeness (QED) is 0.936. The number of hydrogen-bond acceptors (Lipinski definition) is 2. The topological polar surface area (TPSA) is 42.2 Å². The normalized spacial score (nSPS) is 12.2. The molecule has 1 atom stereocenters. The summed E-state index contributed by atoms with van der Waals surface area (Å²) in [7, 11) is 0. The molecule has 0 unspecified atom stereocenters. The Morgan fingerprint density at radius 2 is 2.06 bits per heavy atom. The van der Waals surface area contributed by atoms with Crippen LogP contribution in [-0.2, 0) is 0 Å². The first-order chi connectivity index (χ1) is 8.59. The molecule has 0 fully saturated rings. The molecule has 18 heavy (non-hydrogen) atoms. The Morgan fingerprint density at radius 3 is 2.67 bits per heavy atom. The van der Waals surface area contributed by atoms with Gasteiger partial charge in [0.1, 0.15) is 5.76 Å². The van der Waals surface area contributed by atoms with Crippen LogP contribution in [0, 0.1) is 6.92 Å². The van der Waals surface area contributed by atoms with Crippen LogP contribution in [0.4, 0.5) is 0 Å². The van der Waals surface area contributed by atoms with Crippen molar-refractivity contribution in [1.29, 1.82) is 0 Å². The van der Waals surface area contributed by atoms with Gasteiger partial charge in [0.25, 0.3) is 5.91 Å². The van der Waals surface area contributed by atoms with Crippen LogP contribution in [0.5, 0.6) is 0 Å². The van der Waals surface area contributed by atoms with Crippen molar-refractivity contribution in [2.45, 2.75) is 19.9 Å². The first-order valence-corrected chi connectivity index (χ1v) is 6.48. The minimum Gasteiger partial charge on any atom is -0.469 e. The van der Waals surface area contributed by atoms with E-state index in [4.69, 9.17) is 4.42 Å². The zero-order valence-electron chi connectivity index (χ0n) is 10.2. The molecule has 0 bridgehead atoms. The molecular weight excluding hydrogens is 294 g/mol. The van der Waals surface area contributed by atoms with Gasteiger partial charge in [0, 0.05) is 4.47 Å². The molecule has 1 N–H and O–H groups in total. The number of nitrogens with one attached hydrogen (secondary N) is 1. The lowest BCUT2D eigenvalue weighted by Gasteiger charge is -2.15. The lowest BCUT2D eigenvalue weighted by atomic mass is 10.1. The van der Waals surface area contributed by atoms with Gasteiger partial charge in [-0.15, -0.1) is 0 Å². The van der Waals surface area contributed by atoms with Crippen LogP contribution < -0.4 is 5.32 Å². The number of benzene rings is 1. The van der Waals surface area contributed by atoms with E-state index in [1.807, 2.05) is 31.2 Å². The van der Waals surface area contributed by atoms with E-state index in [2.05, 4.69) is 21.2 Å². The van der Waals surface area contributed by atoms with E-state index in [1.165, 1.54) is 6.26 Å². The Labute approximate surface area is 114 Å². The molecule has 0 spiro atoms. The first kappa shape index (κ1) is 12.9. The molecule has 0 aliphatic rings. The van der Waals surface area contributed by atoms with E-state index in [9.17, 15) is 4.79 Å². The van der Waals surface area contributed by atoms with Crippen LogP contribution in [0.3, 0.4) is 0 Å². The highest BCUT2D eigenvalue weighted by atomic mass is 79.9. The fraction of sp³-hybridized carbons (Fsp3) is 0.214. The van der Waals surface area contributed by atoms with Gasteiger partial charge in [-0.25, -0.2) is 0 Å². The molecule has 94 valence electrons. The van der Waals surface area contributed by atoms with Gasteiger partial charge in [0.2, 0.25) is 0 Å². The van der Waals surface area contributed by atoms with Crippen LogP contribution >= 0.6 is 15.9 Å². The minimum absolute atomic E-state index is 0.0672. The molecule has 1 heterocycles. The Hall–Kier alpha value is -1.55. The maximum Gasteiger partial charge on any atom is 0.255 e. The van der Waals surface area contributed by atoms with Gasteiger partial charge in [-0.05, 0) is 31.5 Å². The number of hydrogen-bond donors (Lipinski definition) is 1. The molecule has 0 saturated carbocycles. The molecular formula is C14H14BrNO2. The summed E-state index contributed by atoms with van der Waals surface area (Å²) in [4.78, 5) is 12.0. The van der Waals surface area contributed by atoms with Crippen molar-refractivity contribution in [1.82, 2.24) is 5.32 Å². The largest absolute Gasteiger partial charge is 0.469 e. The lowest BCUT2D eigenvalue weighted by molar-refractivity contribution is 0.0938. The summed E-state index contributed by atoms with van der Waals surface area (Å²) < 4.78 is 6.11. The summed E-state index contributed by atoms with van der Waals surface area (Å²) in [6.45, 7) is 3.73. The van der Waals surface area contributed by atoms with E-state index < -0.39 is 0 Å². The van der Waals surface area contributed by atoms with E-state index in [1.54, 1.807) is 13.0 Å². The second-order valence-corrected chi connectivity index (χ2v) is 4.96. The Kier molecular flexibility index (Phi) is 3.87. The predicted octanol–water partition coefficient (Wildman–Crippen LogP) is 3.84. The van der Waals surface area contributed by atoms with Gasteiger partial charge in [-0.2, -0.15) is 0 Å². The van der Waals surface area contributed by atoms with Crippen molar-refractivity contribution >= 4 is 21.8 Å². The summed E-state index contributed by atoms with van der Waals surface area (Å²) in [6, 6.07) is 9.45. The Morgan fingerprint density at radius 1 is 1.33 bits per heavy atom. The van der Waals surface area contributed by atoms with Crippen molar-refractivity contribution in [3.05, 3.63) is 58.0 Å². The SMILES string of the molecule is Cc1occc1C(=O)N[C@@H](C)c1ccccc1Br. The fourth-order valence-corrected chi connectivity index (χ4v) is 2.43. The minimum atomic E-state index is -0.121. The van der Waals surface area contributed by atoms with Crippen molar-refractivity contribution in [2.24, 2.45) is 0 Å². The van der Waals surface area contributed by atoms with Gasteiger partial charge in [0.15, 0.2) is 0 Å². The second kappa shape index (κ2) is 5.40. The van der Waals surface area contributed by atoms with Crippen LogP contribution in [0.1, 0.15) is 34.6 Å². The number of aryl methyl sites for hydroxylation is 1. The van der Waals surface area contributed by atoms with E-state index >= 15 is 0 Å². The number of halogens is 1. The van der Waals surface area contributed by atoms with Crippen LogP contribution in [0.15, 0.2) is 45.5 Å². The standard InChI is InChI=1S/C14H14BrNO2/c1-9(11-5-3-4-6-13(11)15)16-14(17)12-7-8-18-10(12)2/h3-9H,1-2H3,(H,16,17)/t9-/m0/s1. The van der Waals surface area contributed by atoms with Crippen molar-refractivity contribution in [3.63, 3.8) is 0 Å². The molecule has 0 saturated heterocycles. The molecule has 2 rings (SSSR count). The van der Waals surface area contributed by atoms with E-state index in [0.29, 0.717) is 11.3 Å². The molecule has 1 aromatic carbocycles. The number of carbonyl (C=O) groups is 1. The number of carbonyl (C=O) groups excluding carboxylic acids is 1. The molecule has 1 aromatic heterocycles. The Bertz CT molecular complexity index is 562. The van der Waals surface area contributed by atoms with Gasteiger partial charge in [-0.1, -0.05) is 34.1 Å². The third-order valence-corrected chi connectivity index (χ3v) is 3.54. The fourth-order valence-electron chi connectivity index (χ4n) is 1.80. The maximum atomic E-state index is 12.0. The maximum absolute atomic E-state index is 12.0. The summed E-state index contributed by atoms with van der Waals surface area (Å²) in [5, 5.41) is 2.95. The third-order valence-electron chi connectivity index (χ3n) is 2.82. The van der Waals surface area contributed by atoms with Crippen molar-refractivity contribution < 1.29 is 9.21 Å². The van der Waals surface area contributed by atoms with Crippen LogP contribution in [-0.4, -0.2) is 5.91 Å². The van der Waals surface area contributed by atoms with Crippen LogP contribution in [0.2, 0.25) is 0 Å². The second-order valence-electron chi connectivity index (χ2n) is 4.11. The summed E-state index contributed by atoms with van der Waals surface area (Å²) >= 11 is 3.48. The zero-order valence-corrected chi connectivity index (χ0v) is 11.8. The predicted molar refractivity (Wildman–Crippen MR) is 73.5 cm³/mol. The van der Waals surface area contributed by atoms with Gasteiger partial charge < -0.3 is 9.73 Å². The Balaban J connectivity index is 2.13. The monoisotopic (exact) mass is 307 g/mol. The summed E-state index contributed by atoms with van der Waals surface area (Å²) in [5.74, 6) is 0.510. The van der Waals surface area contributed by atoms with Crippen molar-refractivity contribution in [2.75, 3.05) is 0 Å². The van der Waals surface area contributed by atoms with Gasteiger partial charge in [0.05, 0.1) is 17.9 Å². The van der Waals surface area contributed by atoms with E-state index in [0.717, 1.165) is 10.0 Å². The molecule has 3 nitrogen and oxygen atoms in total.